The topological polar surface area (TPSA) is 85.0 Å². The van der Waals surface area contributed by atoms with E-state index in [4.69, 9.17) is 12.2 Å². The van der Waals surface area contributed by atoms with E-state index in [9.17, 15) is 10.1 Å². The fraction of sp³-hybridized carbons (Fsp3) is 0.0476. The fourth-order valence-electron chi connectivity index (χ4n) is 3.08. The van der Waals surface area contributed by atoms with Gasteiger partial charge in [0.25, 0.3) is 5.69 Å². The smallest absolute Gasteiger partial charge is 0.269 e. The van der Waals surface area contributed by atoms with Gasteiger partial charge in [-0.1, -0.05) is 42.5 Å². The number of nitrogens with zero attached hydrogens (tertiary/aromatic N) is 3. The number of nitrogens with one attached hydrogen (secondary N) is 2. The molecule has 1 heterocycles. The number of anilines is 2. The largest absolute Gasteiger partial charge is 0.332 e. The van der Waals surface area contributed by atoms with E-state index in [-0.39, 0.29) is 5.69 Å². The molecule has 0 fully saturated rings. The molecule has 0 aliphatic carbocycles. The van der Waals surface area contributed by atoms with Crippen molar-refractivity contribution in [3.63, 3.8) is 0 Å². The van der Waals surface area contributed by atoms with E-state index >= 15 is 0 Å². The van der Waals surface area contributed by atoms with E-state index in [2.05, 4.69) is 40.0 Å². The van der Waals surface area contributed by atoms with E-state index < -0.39 is 4.92 Å². The Hall–Kier alpha value is -3.78. The lowest BCUT2D eigenvalue weighted by Gasteiger charge is -2.09. The normalized spacial score (nSPS) is 10.6. The summed E-state index contributed by atoms with van der Waals surface area (Å²) in [6, 6.07) is 20.6. The number of hydrogen-bond donors (Lipinski definition) is 2. The highest BCUT2D eigenvalue weighted by Gasteiger charge is 2.07. The van der Waals surface area contributed by atoms with Crippen LogP contribution in [-0.4, -0.2) is 19.8 Å². The quantitative estimate of drug-likeness (QED) is 0.283. The molecule has 0 saturated carbocycles. The van der Waals surface area contributed by atoms with Crippen molar-refractivity contribution in [3.05, 3.63) is 94.8 Å². The molecule has 0 aliphatic heterocycles. The first kappa shape index (κ1) is 18.6. The predicted molar refractivity (Wildman–Crippen MR) is 118 cm³/mol. The monoisotopic (exact) mass is 403 g/mol. The molecule has 0 bridgehead atoms. The van der Waals surface area contributed by atoms with E-state index in [1.807, 2.05) is 29.1 Å². The molecule has 8 heteroatoms. The van der Waals surface area contributed by atoms with Gasteiger partial charge >= 0.3 is 0 Å². The summed E-state index contributed by atoms with van der Waals surface area (Å²) in [6.45, 7) is 0.644. The lowest BCUT2D eigenvalue weighted by atomic mass is 10.0. The average Bonchev–Trinajstić information content (AvgIpc) is 3.15. The van der Waals surface area contributed by atoms with Crippen molar-refractivity contribution in [2.45, 2.75) is 6.54 Å². The van der Waals surface area contributed by atoms with Crippen molar-refractivity contribution < 1.29 is 4.92 Å². The molecule has 0 amide bonds. The van der Waals surface area contributed by atoms with Crippen molar-refractivity contribution >= 4 is 45.2 Å². The molecule has 144 valence electrons. The first-order valence-electron chi connectivity index (χ1n) is 8.90. The third-order valence-corrected chi connectivity index (χ3v) is 4.64. The zero-order chi connectivity index (χ0) is 20.2. The van der Waals surface area contributed by atoms with Crippen LogP contribution in [0.25, 0.3) is 10.8 Å². The second kappa shape index (κ2) is 8.07. The maximum absolute atomic E-state index is 10.7. The molecule has 1 aromatic heterocycles. The highest BCUT2D eigenvalue weighted by atomic mass is 32.1. The third kappa shape index (κ3) is 4.39. The summed E-state index contributed by atoms with van der Waals surface area (Å²) >= 11 is 5.31. The predicted octanol–water partition coefficient (Wildman–Crippen LogP) is 4.80. The summed E-state index contributed by atoms with van der Waals surface area (Å²) in [5.41, 5.74) is 2.63. The van der Waals surface area contributed by atoms with Crippen LogP contribution in [0.2, 0.25) is 0 Å². The Morgan fingerprint density at radius 1 is 1.00 bits per heavy atom. The van der Waals surface area contributed by atoms with Crippen LogP contribution in [0.1, 0.15) is 5.56 Å². The second-order valence-corrected chi connectivity index (χ2v) is 6.86. The molecule has 0 radical (unpaired) electrons. The van der Waals surface area contributed by atoms with E-state index in [1.165, 1.54) is 28.5 Å². The Bertz CT molecular complexity index is 1180. The van der Waals surface area contributed by atoms with Gasteiger partial charge in [0.15, 0.2) is 5.11 Å². The summed E-state index contributed by atoms with van der Waals surface area (Å²) in [6.07, 6.45) is 3.58. The molecule has 0 atom stereocenters. The Labute approximate surface area is 172 Å². The number of rotatable bonds is 5. The van der Waals surface area contributed by atoms with Gasteiger partial charge in [-0.15, -0.1) is 0 Å². The minimum absolute atomic E-state index is 0.0316. The first-order valence-corrected chi connectivity index (χ1v) is 9.31. The average molecular weight is 403 g/mol. The van der Waals surface area contributed by atoms with Gasteiger partial charge in [-0.25, -0.2) is 0 Å². The van der Waals surface area contributed by atoms with Crippen LogP contribution in [0.4, 0.5) is 17.1 Å². The van der Waals surface area contributed by atoms with Crippen LogP contribution in [0, 0.1) is 10.1 Å². The highest BCUT2D eigenvalue weighted by molar-refractivity contribution is 7.80. The minimum Gasteiger partial charge on any atom is -0.332 e. The standard InChI is InChI=1S/C21H17N5O2S/c27-26(28)19-10-8-17(9-11-19)23-21(29)24-18-12-22-25(14-18)13-16-6-3-5-15-4-1-2-7-20(15)16/h1-12,14H,13H2,(H2,23,24,29). The van der Waals surface area contributed by atoms with Gasteiger partial charge in [0.05, 0.1) is 23.4 Å². The van der Waals surface area contributed by atoms with Gasteiger partial charge in [-0.3, -0.25) is 14.8 Å². The van der Waals surface area contributed by atoms with E-state index in [0.717, 1.165) is 5.69 Å². The van der Waals surface area contributed by atoms with Crippen LogP contribution in [0.5, 0.6) is 0 Å². The van der Waals surface area contributed by atoms with Gasteiger partial charge in [-0.05, 0) is 40.7 Å². The lowest BCUT2D eigenvalue weighted by Crippen LogP contribution is -2.18. The molecule has 2 N–H and O–H groups in total. The molecule has 0 spiro atoms. The second-order valence-electron chi connectivity index (χ2n) is 6.45. The Balaban J connectivity index is 1.41. The molecule has 0 aliphatic rings. The number of benzene rings is 3. The number of hydrogen-bond acceptors (Lipinski definition) is 4. The summed E-state index contributed by atoms with van der Waals surface area (Å²) in [5, 5.41) is 24.0. The molecular weight excluding hydrogens is 386 g/mol. The summed E-state index contributed by atoms with van der Waals surface area (Å²) in [4.78, 5) is 10.3. The number of nitro benzene ring substituents is 1. The number of thiocarbonyl (C=S) groups is 1. The molecule has 4 aromatic rings. The molecule has 29 heavy (non-hydrogen) atoms. The van der Waals surface area contributed by atoms with Crippen molar-refractivity contribution in [2.24, 2.45) is 0 Å². The summed E-state index contributed by atoms with van der Waals surface area (Å²) in [5.74, 6) is 0. The number of fused-ring (bicyclic) bond motifs is 1. The maximum atomic E-state index is 10.7. The molecule has 4 rings (SSSR count). The summed E-state index contributed by atoms with van der Waals surface area (Å²) < 4.78 is 1.85. The van der Waals surface area contributed by atoms with Crippen LogP contribution < -0.4 is 10.6 Å². The molecular formula is C21H17N5O2S. The molecule has 3 aromatic carbocycles. The van der Waals surface area contributed by atoms with Gasteiger partial charge < -0.3 is 10.6 Å². The third-order valence-electron chi connectivity index (χ3n) is 4.44. The summed E-state index contributed by atoms with van der Waals surface area (Å²) in [7, 11) is 0. The van der Waals surface area contributed by atoms with E-state index in [0.29, 0.717) is 17.3 Å². The van der Waals surface area contributed by atoms with Gasteiger partial charge in [0.1, 0.15) is 0 Å². The zero-order valence-corrected chi connectivity index (χ0v) is 16.1. The molecule has 7 nitrogen and oxygen atoms in total. The Kier molecular flexibility index (Phi) is 5.17. The molecule has 0 saturated heterocycles. The van der Waals surface area contributed by atoms with Crippen LogP contribution in [0.3, 0.4) is 0 Å². The van der Waals surface area contributed by atoms with Gasteiger partial charge in [0.2, 0.25) is 0 Å². The maximum Gasteiger partial charge on any atom is 0.269 e. The van der Waals surface area contributed by atoms with E-state index in [1.54, 1.807) is 18.3 Å². The van der Waals surface area contributed by atoms with Gasteiger partial charge in [0, 0.05) is 24.0 Å². The Morgan fingerprint density at radius 2 is 1.72 bits per heavy atom. The minimum atomic E-state index is -0.440. The number of non-ortho nitro benzene ring substituents is 1. The van der Waals surface area contributed by atoms with Gasteiger partial charge in [-0.2, -0.15) is 5.10 Å². The molecule has 0 unspecified atom stereocenters. The zero-order valence-electron chi connectivity index (χ0n) is 15.3. The number of aromatic nitrogens is 2. The Morgan fingerprint density at radius 3 is 2.52 bits per heavy atom. The van der Waals surface area contributed by atoms with Crippen molar-refractivity contribution in [1.82, 2.24) is 9.78 Å². The van der Waals surface area contributed by atoms with Crippen LogP contribution >= 0.6 is 12.2 Å². The van der Waals surface area contributed by atoms with Crippen molar-refractivity contribution in [3.8, 4) is 0 Å². The van der Waals surface area contributed by atoms with Crippen molar-refractivity contribution in [2.75, 3.05) is 10.6 Å². The number of nitro groups is 1. The first-order chi connectivity index (χ1) is 14.1. The highest BCUT2D eigenvalue weighted by Crippen LogP contribution is 2.20. The lowest BCUT2D eigenvalue weighted by molar-refractivity contribution is -0.384. The SMILES string of the molecule is O=[N+]([O-])c1ccc(NC(=S)Nc2cnn(Cc3cccc4ccccc34)c2)cc1. The van der Waals surface area contributed by atoms with Crippen LogP contribution in [0.15, 0.2) is 79.1 Å². The fourth-order valence-corrected chi connectivity index (χ4v) is 3.32. The van der Waals surface area contributed by atoms with Crippen molar-refractivity contribution in [1.29, 1.82) is 0 Å². The van der Waals surface area contributed by atoms with Crippen LogP contribution in [-0.2, 0) is 6.54 Å².